The molecule has 0 fully saturated rings. The standard InChI is InChI=1S/C12H10P.C12H10.ClH.Ru/c1-3-7-11(8-4-1)13-12-9-5-2-6-10-12;1-3-7-11(8-4-1)12-9-5-2-6-10-12;;/h1-10H;1-10H;1H;/q-1;;;+2/p-1. The zero-order valence-electron chi connectivity index (χ0n) is 14.7. The third-order valence-corrected chi connectivity index (χ3v) is 11.2. The van der Waals surface area contributed by atoms with Crippen molar-refractivity contribution in [1.29, 1.82) is 0 Å². The van der Waals surface area contributed by atoms with Crippen molar-refractivity contribution in [2.45, 2.75) is 0 Å². The maximum absolute atomic E-state index is 6.16. The molecule has 136 valence electrons. The first kappa shape index (κ1) is 20.0. The van der Waals surface area contributed by atoms with Gasteiger partial charge >= 0.3 is 103 Å². The molecule has 0 amide bonds. The molecule has 0 aliphatic heterocycles. The first-order valence-electron chi connectivity index (χ1n) is 8.63. The fourth-order valence-electron chi connectivity index (χ4n) is 2.59. The van der Waals surface area contributed by atoms with Crippen LogP contribution in [0.4, 0.5) is 0 Å². The molecule has 0 saturated heterocycles. The average molecular weight is 476 g/mol. The maximum atomic E-state index is 6.16. The molecule has 4 aromatic carbocycles. The number of hydrogen-bond donors (Lipinski definition) is 0. The van der Waals surface area contributed by atoms with Gasteiger partial charge in [0.05, 0.1) is 0 Å². The predicted molar refractivity (Wildman–Crippen MR) is 117 cm³/mol. The molecule has 0 bridgehead atoms. The van der Waals surface area contributed by atoms with Crippen LogP contribution in [-0.2, 0) is 15.7 Å². The Morgan fingerprint density at radius 3 is 1.04 bits per heavy atom. The molecule has 0 aliphatic carbocycles. The number of halogens is 1. The fourth-order valence-corrected chi connectivity index (χ4v) is 8.90. The second-order valence-corrected chi connectivity index (χ2v) is 12.8. The Labute approximate surface area is 174 Å². The molecule has 0 radical (unpaired) electrons. The van der Waals surface area contributed by atoms with E-state index in [0.29, 0.717) is 0 Å². The van der Waals surface area contributed by atoms with Crippen LogP contribution in [0.2, 0.25) is 0 Å². The van der Waals surface area contributed by atoms with Crippen molar-refractivity contribution in [3.8, 4) is 11.1 Å². The molecule has 0 aliphatic rings. The van der Waals surface area contributed by atoms with Gasteiger partial charge in [-0.2, -0.15) is 0 Å². The van der Waals surface area contributed by atoms with E-state index in [4.69, 9.17) is 9.69 Å². The minimum atomic E-state index is -0.293. The third-order valence-electron chi connectivity index (χ3n) is 3.89. The van der Waals surface area contributed by atoms with Crippen molar-refractivity contribution in [3.05, 3.63) is 121 Å². The molecule has 0 N–H and O–H groups in total. The van der Waals surface area contributed by atoms with Crippen LogP contribution in [-0.4, -0.2) is 0 Å². The smallest absolute Gasteiger partial charge is 0.0184 e. The zero-order chi connectivity index (χ0) is 18.7. The summed E-state index contributed by atoms with van der Waals surface area (Å²) in [5.41, 5.74) is 2.55. The van der Waals surface area contributed by atoms with Gasteiger partial charge in [0.25, 0.3) is 0 Å². The summed E-state index contributed by atoms with van der Waals surface area (Å²) in [6.07, 6.45) is -0.293. The van der Waals surface area contributed by atoms with Crippen molar-refractivity contribution in [1.82, 2.24) is 0 Å². The summed E-state index contributed by atoms with van der Waals surface area (Å²) in [6.45, 7) is 0. The summed E-state index contributed by atoms with van der Waals surface area (Å²) < 4.78 is 0. The van der Waals surface area contributed by atoms with Gasteiger partial charge < -0.3 is 0 Å². The van der Waals surface area contributed by atoms with E-state index >= 15 is 0 Å². The van der Waals surface area contributed by atoms with Crippen molar-refractivity contribution in [2.75, 3.05) is 0 Å². The molecule has 0 spiro atoms. The van der Waals surface area contributed by atoms with Crippen LogP contribution in [0.25, 0.3) is 11.1 Å². The van der Waals surface area contributed by atoms with Crippen molar-refractivity contribution in [3.63, 3.8) is 0 Å². The summed E-state index contributed by atoms with van der Waals surface area (Å²) in [7, 11) is 6.16. The first-order chi connectivity index (χ1) is 13.4. The minimum absolute atomic E-state index is 0.104. The van der Waals surface area contributed by atoms with E-state index in [1.807, 2.05) is 24.3 Å². The second-order valence-electron chi connectivity index (χ2n) is 5.73. The predicted octanol–water partition coefficient (Wildman–Crippen LogP) is 6.62. The molecule has 4 aromatic rings. The van der Waals surface area contributed by atoms with E-state index in [0.717, 1.165) is 0 Å². The fraction of sp³-hybridized carbons (Fsp3) is 0. The molecular formula is C24H20ClPRu. The normalized spacial score (nSPS) is 10.3. The van der Waals surface area contributed by atoms with Crippen LogP contribution >= 0.6 is 15.9 Å². The molecule has 0 unspecified atom stereocenters. The quantitative estimate of drug-likeness (QED) is 0.230. The Balaban J connectivity index is 0.000000159. The molecular weight excluding hydrogens is 456 g/mol. The molecule has 0 atom stereocenters. The van der Waals surface area contributed by atoms with E-state index in [1.165, 1.54) is 21.7 Å². The second kappa shape index (κ2) is 11.2. The summed E-state index contributed by atoms with van der Waals surface area (Å²) in [5, 5.41) is 2.76. The van der Waals surface area contributed by atoms with Gasteiger partial charge in [0.1, 0.15) is 0 Å². The van der Waals surface area contributed by atoms with E-state index in [1.54, 1.807) is 0 Å². The van der Waals surface area contributed by atoms with E-state index < -0.39 is 0 Å². The van der Waals surface area contributed by atoms with Gasteiger partial charge in [-0.05, 0) is 11.1 Å². The molecule has 0 aromatic heterocycles. The topological polar surface area (TPSA) is 0 Å². The molecule has 0 saturated carbocycles. The van der Waals surface area contributed by atoms with Gasteiger partial charge in [-0.1, -0.05) is 60.7 Å². The largest absolute Gasteiger partial charge is 0.0622 e. The summed E-state index contributed by atoms with van der Waals surface area (Å²) in [5.74, 6) is 0. The Bertz CT molecular complexity index is 823. The van der Waals surface area contributed by atoms with Gasteiger partial charge in [0, 0.05) is 0 Å². The zero-order valence-corrected chi connectivity index (χ0v) is 18.1. The molecule has 4 rings (SSSR count). The van der Waals surface area contributed by atoms with E-state index in [9.17, 15) is 0 Å². The Kier molecular flexibility index (Phi) is 8.25. The van der Waals surface area contributed by atoms with Crippen LogP contribution in [0.15, 0.2) is 121 Å². The van der Waals surface area contributed by atoms with Crippen LogP contribution in [0.3, 0.4) is 0 Å². The minimum Gasteiger partial charge on any atom is -0.0622 e. The van der Waals surface area contributed by atoms with Gasteiger partial charge in [-0.25, -0.2) is 0 Å². The van der Waals surface area contributed by atoms with Crippen LogP contribution in [0.5, 0.6) is 0 Å². The monoisotopic (exact) mass is 476 g/mol. The summed E-state index contributed by atoms with van der Waals surface area (Å²) in [6, 6.07) is 41.9. The van der Waals surface area contributed by atoms with Gasteiger partial charge in [-0.3, -0.25) is 0 Å². The van der Waals surface area contributed by atoms with Crippen LogP contribution in [0.1, 0.15) is 0 Å². The van der Waals surface area contributed by atoms with Gasteiger partial charge in [0.2, 0.25) is 0 Å². The number of hydrogen-bond acceptors (Lipinski definition) is 0. The first-order valence-corrected chi connectivity index (χ1v) is 14.4. The number of benzene rings is 4. The third kappa shape index (κ3) is 6.12. The SMILES string of the molecule is [Cl][Ru][P](c1ccccc1)c1ccccc1.c1ccc(-c2ccccc2)cc1. The van der Waals surface area contributed by atoms with Gasteiger partial charge in [0.15, 0.2) is 0 Å². The molecule has 0 heterocycles. The van der Waals surface area contributed by atoms with E-state index in [-0.39, 0.29) is 21.9 Å². The Hall–Kier alpha value is -1.78. The van der Waals surface area contributed by atoms with Crippen molar-refractivity contribution < 1.29 is 15.7 Å². The van der Waals surface area contributed by atoms with Crippen molar-refractivity contribution >= 4 is 26.6 Å². The summed E-state index contributed by atoms with van der Waals surface area (Å²) in [4.78, 5) is 0. The van der Waals surface area contributed by atoms with E-state index in [2.05, 4.69) is 97.1 Å². The Morgan fingerprint density at radius 1 is 0.444 bits per heavy atom. The molecule has 27 heavy (non-hydrogen) atoms. The molecule has 0 nitrogen and oxygen atoms in total. The number of rotatable bonds is 4. The van der Waals surface area contributed by atoms with Crippen LogP contribution in [0, 0.1) is 0 Å². The van der Waals surface area contributed by atoms with Crippen LogP contribution < -0.4 is 10.6 Å². The Morgan fingerprint density at radius 2 is 0.741 bits per heavy atom. The average Bonchev–Trinajstić information content (AvgIpc) is 2.78. The summed E-state index contributed by atoms with van der Waals surface area (Å²) >= 11 is -0.104. The maximum Gasteiger partial charge on any atom is -0.0184 e. The van der Waals surface area contributed by atoms with Gasteiger partial charge in [-0.15, -0.1) is 0 Å². The molecule has 3 heteroatoms. The van der Waals surface area contributed by atoms with Crippen molar-refractivity contribution in [2.24, 2.45) is 0 Å².